The number of anilines is 1. The van der Waals surface area contributed by atoms with Gasteiger partial charge in [-0.2, -0.15) is 5.01 Å². The average molecular weight is 904 g/mol. The Labute approximate surface area is 305 Å². The molecule has 1 aromatic heterocycles. The molecule has 48 heavy (non-hydrogen) atoms. The maximum atomic E-state index is 15.5. The van der Waals surface area contributed by atoms with Gasteiger partial charge in [-0.1, -0.05) is 60.7 Å². The van der Waals surface area contributed by atoms with Crippen LogP contribution in [0.2, 0.25) is 0 Å². The summed E-state index contributed by atoms with van der Waals surface area (Å²) < 4.78 is 46.3. The van der Waals surface area contributed by atoms with E-state index < -0.39 is 59.5 Å². The number of halogens is 5. The molecule has 0 spiro atoms. The molecule has 2 fully saturated rings. The molecule has 0 bridgehead atoms. The minimum atomic E-state index is -1.40. The van der Waals surface area contributed by atoms with Crippen LogP contribution >= 0.6 is 56.5 Å². The second-order valence-electron chi connectivity index (χ2n) is 11.4. The maximum absolute atomic E-state index is 15.5. The summed E-state index contributed by atoms with van der Waals surface area (Å²) in [4.78, 5) is 48.8. The first-order valence-electron chi connectivity index (χ1n) is 15.1. The van der Waals surface area contributed by atoms with Gasteiger partial charge in [0.1, 0.15) is 18.0 Å². The van der Waals surface area contributed by atoms with Gasteiger partial charge in [0.05, 0.1) is 30.4 Å². The number of fused-ring (bicyclic) bond motifs is 2. The second-order valence-corrected chi connectivity index (χ2v) is 14.7. The molecule has 2 atom stereocenters. The van der Waals surface area contributed by atoms with E-state index in [1.165, 1.54) is 48.7 Å². The molecule has 3 N–H and O–H groups in total. The van der Waals surface area contributed by atoms with Gasteiger partial charge < -0.3 is 20.9 Å². The van der Waals surface area contributed by atoms with Crippen molar-refractivity contribution in [3.63, 3.8) is 0 Å². The molecule has 2 saturated heterocycles. The molecule has 6 rings (SSSR count). The zero-order valence-corrected chi connectivity index (χ0v) is 30.7. The highest BCUT2D eigenvalue weighted by Gasteiger charge is 2.52. The summed E-state index contributed by atoms with van der Waals surface area (Å²) in [6.07, 6.45) is -0.895. The number of thiazole rings is 1. The van der Waals surface area contributed by atoms with Crippen LogP contribution < -0.4 is 11.1 Å². The molecular weight excluding hydrogens is 873 g/mol. The Kier molecular flexibility index (Phi) is 10.3. The summed E-state index contributed by atoms with van der Waals surface area (Å²) in [6.45, 7) is 2.21. The number of hydrazine groups is 1. The van der Waals surface area contributed by atoms with E-state index in [1.807, 2.05) is 55.5 Å². The van der Waals surface area contributed by atoms with Crippen LogP contribution in [0, 0.1) is 24.6 Å². The van der Waals surface area contributed by atoms with E-state index in [-0.39, 0.29) is 39.9 Å². The zero-order valence-electron chi connectivity index (χ0n) is 25.6. The number of para-hydroxylation sites is 1. The van der Waals surface area contributed by atoms with Gasteiger partial charge >= 0.3 is 6.03 Å². The Morgan fingerprint density at radius 2 is 1.79 bits per heavy atom. The third-order valence-electron chi connectivity index (χ3n) is 8.41. The number of nitrogens with zero attached hydrogens (tertiary/aromatic N) is 5. The standard InChI is InChI=1S/C32H30F3I2N7O3S/c1-2-11-42(32(47)39-13-17-7-4-3-5-8-17)43-16-23(45)44-20(12-19-24(33)26(35)28(37)27(36)25(19)34)30(46)41(15-22(43)44)14-18-9-6-10-21-29(18)40-31(38)48-21/h3-10,20,22H,2,11-16H2,1H3,(H2,38,40)(H,39,47)/t20-,22+/m0/s1. The summed E-state index contributed by atoms with van der Waals surface area (Å²) in [7, 11) is 0. The van der Waals surface area contributed by atoms with E-state index in [0.29, 0.717) is 22.6 Å². The van der Waals surface area contributed by atoms with Crippen molar-refractivity contribution >= 4 is 89.7 Å². The highest BCUT2D eigenvalue weighted by molar-refractivity contribution is 14.1. The van der Waals surface area contributed by atoms with Crippen LogP contribution in [0.25, 0.3) is 10.2 Å². The highest BCUT2D eigenvalue weighted by atomic mass is 127. The first-order chi connectivity index (χ1) is 23.0. The Bertz CT molecular complexity index is 1870. The number of hydrogen-bond acceptors (Lipinski definition) is 7. The SMILES string of the molecule is CCCN(C(=O)NCc1ccccc1)N1CC(=O)N2[C@@H](Cc3c(F)c(F)c(I)c(I)c3F)C(=O)N(Cc3cccc4sc(N)nc34)C[C@@H]21. The van der Waals surface area contributed by atoms with Gasteiger partial charge in [0, 0.05) is 31.6 Å². The number of carbonyl (C=O) groups is 3. The van der Waals surface area contributed by atoms with Crippen molar-refractivity contribution in [2.45, 2.75) is 45.1 Å². The number of amides is 4. The second kappa shape index (κ2) is 14.3. The van der Waals surface area contributed by atoms with Crippen molar-refractivity contribution in [3.8, 4) is 0 Å². The Balaban J connectivity index is 1.37. The predicted molar refractivity (Wildman–Crippen MR) is 192 cm³/mol. The predicted octanol–water partition coefficient (Wildman–Crippen LogP) is 5.47. The van der Waals surface area contributed by atoms with Gasteiger partial charge in [-0.15, -0.1) is 0 Å². The molecule has 2 aliphatic rings. The summed E-state index contributed by atoms with van der Waals surface area (Å²) in [5, 5.41) is 6.32. The van der Waals surface area contributed by atoms with Crippen LogP contribution in [0.4, 0.5) is 23.1 Å². The molecule has 0 saturated carbocycles. The smallest absolute Gasteiger partial charge is 0.332 e. The monoisotopic (exact) mass is 903 g/mol. The zero-order chi connectivity index (χ0) is 34.3. The number of piperazine rings is 1. The van der Waals surface area contributed by atoms with Crippen molar-refractivity contribution in [2.75, 3.05) is 25.4 Å². The molecule has 0 aliphatic carbocycles. The summed E-state index contributed by atoms with van der Waals surface area (Å²) in [6, 6.07) is 13.0. The Morgan fingerprint density at radius 1 is 1.06 bits per heavy atom. The minimum absolute atomic E-state index is 0.00714. The lowest BCUT2D eigenvalue weighted by Gasteiger charge is -2.46. The lowest BCUT2D eigenvalue weighted by atomic mass is 9.98. The summed E-state index contributed by atoms with van der Waals surface area (Å²) in [5.41, 5.74) is 7.55. The number of hydrogen-bond donors (Lipinski definition) is 2. The maximum Gasteiger partial charge on any atom is 0.332 e. The van der Waals surface area contributed by atoms with Crippen molar-refractivity contribution in [1.82, 2.24) is 30.1 Å². The number of aromatic nitrogens is 1. The van der Waals surface area contributed by atoms with Gasteiger partial charge in [-0.05, 0) is 68.8 Å². The molecule has 10 nitrogen and oxygen atoms in total. The van der Waals surface area contributed by atoms with Gasteiger partial charge in [0.25, 0.3) is 0 Å². The van der Waals surface area contributed by atoms with Crippen LogP contribution in [0.3, 0.4) is 0 Å². The van der Waals surface area contributed by atoms with Crippen molar-refractivity contribution in [3.05, 3.63) is 89.8 Å². The normalized spacial score (nSPS) is 18.1. The van der Waals surface area contributed by atoms with Gasteiger partial charge in [0.15, 0.2) is 16.8 Å². The molecule has 4 amide bonds. The molecule has 252 valence electrons. The van der Waals surface area contributed by atoms with E-state index in [4.69, 9.17) is 5.73 Å². The lowest BCUT2D eigenvalue weighted by Crippen LogP contribution is -2.66. The molecule has 16 heteroatoms. The third kappa shape index (κ3) is 6.55. The largest absolute Gasteiger partial charge is 0.375 e. The fourth-order valence-corrected chi connectivity index (χ4v) is 8.01. The Morgan fingerprint density at radius 3 is 2.52 bits per heavy atom. The molecule has 2 aliphatic heterocycles. The number of nitrogens with one attached hydrogen (secondary N) is 1. The van der Waals surface area contributed by atoms with Crippen LogP contribution in [-0.2, 0) is 29.1 Å². The van der Waals surface area contributed by atoms with E-state index >= 15 is 8.78 Å². The first kappa shape index (κ1) is 34.6. The van der Waals surface area contributed by atoms with Crippen LogP contribution in [0.5, 0.6) is 0 Å². The van der Waals surface area contributed by atoms with Crippen molar-refractivity contribution in [2.24, 2.45) is 0 Å². The van der Waals surface area contributed by atoms with E-state index in [9.17, 15) is 18.8 Å². The number of rotatable bonds is 9. The van der Waals surface area contributed by atoms with E-state index in [0.717, 1.165) is 10.3 Å². The number of carbonyl (C=O) groups excluding carboxylic acids is 3. The first-order valence-corrected chi connectivity index (χ1v) is 18.1. The van der Waals surface area contributed by atoms with Crippen LogP contribution in [0.1, 0.15) is 30.0 Å². The number of benzene rings is 3. The topological polar surface area (TPSA) is 115 Å². The third-order valence-corrected chi connectivity index (χ3v) is 12.3. The highest BCUT2D eigenvalue weighted by Crippen LogP contribution is 2.35. The van der Waals surface area contributed by atoms with Crippen LogP contribution in [0.15, 0.2) is 48.5 Å². The summed E-state index contributed by atoms with van der Waals surface area (Å²) in [5.74, 6) is -4.67. The number of nitrogens with two attached hydrogens (primary N) is 1. The lowest BCUT2D eigenvalue weighted by molar-refractivity contribution is -0.157. The van der Waals surface area contributed by atoms with Gasteiger partial charge in [-0.25, -0.2) is 22.9 Å². The molecule has 0 radical (unpaired) electrons. The van der Waals surface area contributed by atoms with Crippen molar-refractivity contribution in [1.29, 1.82) is 0 Å². The minimum Gasteiger partial charge on any atom is -0.375 e. The fourth-order valence-electron chi connectivity index (χ4n) is 6.19. The molecule has 3 aromatic carbocycles. The number of urea groups is 1. The molecule has 0 unspecified atom stereocenters. The summed E-state index contributed by atoms with van der Waals surface area (Å²) >= 11 is 4.43. The molecule has 4 aromatic rings. The molecular formula is C32H30F3I2N7O3S. The fraction of sp³-hybridized carbons (Fsp3) is 0.312. The van der Waals surface area contributed by atoms with Crippen molar-refractivity contribution < 1.29 is 27.6 Å². The molecule has 3 heterocycles. The Hall–Kier alpha value is -3.23. The van der Waals surface area contributed by atoms with Crippen LogP contribution in [-0.4, -0.2) is 74.5 Å². The van der Waals surface area contributed by atoms with Gasteiger partial charge in [-0.3, -0.25) is 14.6 Å². The van der Waals surface area contributed by atoms with Gasteiger partial charge in [0.2, 0.25) is 11.8 Å². The average Bonchev–Trinajstić information content (AvgIpc) is 3.63. The number of nitrogen functional groups attached to an aromatic ring is 1. The van der Waals surface area contributed by atoms with E-state index in [1.54, 1.807) is 27.6 Å². The van der Waals surface area contributed by atoms with E-state index in [2.05, 4.69) is 10.3 Å². The quantitative estimate of drug-likeness (QED) is 0.131.